The number of esters is 1. The molecule has 2 aromatic rings. The molecule has 0 radical (unpaired) electrons. The molecule has 7 heteroatoms. The fourth-order valence-electron chi connectivity index (χ4n) is 3.27. The molecule has 1 fully saturated rings. The molecule has 0 aliphatic carbocycles. The second kappa shape index (κ2) is 8.23. The van der Waals surface area contributed by atoms with Gasteiger partial charge in [0.25, 0.3) is 0 Å². The Bertz CT molecular complexity index is 786. The van der Waals surface area contributed by atoms with Crippen LogP contribution < -0.4 is 19.7 Å². The highest BCUT2D eigenvalue weighted by atomic mass is 16.5. The Labute approximate surface area is 153 Å². The number of anilines is 1. The highest BCUT2D eigenvalue weighted by molar-refractivity contribution is 6.06. The highest BCUT2D eigenvalue weighted by Gasteiger charge is 2.23. The normalized spacial score (nSPS) is 14.8. The molecule has 1 aromatic carbocycles. The molecule has 1 aliphatic rings. The molecule has 140 valence electrons. The average Bonchev–Trinajstić information content (AvgIpc) is 2.95. The highest BCUT2D eigenvalue weighted by Crippen LogP contribution is 2.38. The lowest BCUT2D eigenvalue weighted by molar-refractivity contribution is 0.0527. The van der Waals surface area contributed by atoms with E-state index in [2.05, 4.69) is 15.2 Å². The molecule has 2 heterocycles. The molecule has 0 bridgehead atoms. The predicted octanol–water partition coefficient (Wildman–Crippen LogP) is 2.23. The zero-order chi connectivity index (χ0) is 18.5. The largest absolute Gasteiger partial charge is 0.493 e. The van der Waals surface area contributed by atoms with Gasteiger partial charge in [0.15, 0.2) is 11.5 Å². The van der Waals surface area contributed by atoms with Crippen LogP contribution in [0.25, 0.3) is 10.9 Å². The number of carbonyl (C=O) groups excluding carboxylic acids is 1. The van der Waals surface area contributed by atoms with E-state index in [4.69, 9.17) is 14.2 Å². The third-order valence-corrected chi connectivity index (χ3v) is 4.50. The molecular formula is C19H25N3O4. The lowest BCUT2D eigenvalue weighted by Crippen LogP contribution is -2.30. The number of ether oxygens (including phenoxy) is 3. The standard InChI is InChI=1S/C19H25N3O4/c1-4-26-19(23)14-12-21-15-11-17(25-3)16(24-2)10-13(15)18(14)22-8-5-6-20-7-9-22/h10-12,20H,4-9H2,1-3H3. The van der Waals surface area contributed by atoms with Crippen molar-refractivity contribution in [3.05, 3.63) is 23.9 Å². The van der Waals surface area contributed by atoms with E-state index in [-0.39, 0.29) is 5.97 Å². The van der Waals surface area contributed by atoms with E-state index < -0.39 is 0 Å². The van der Waals surface area contributed by atoms with Crippen molar-refractivity contribution < 1.29 is 19.0 Å². The maximum absolute atomic E-state index is 12.6. The Morgan fingerprint density at radius 2 is 1.96 bits per heavy atom. The third-order valence-electron chi connectivity index (χ3n) is 4.50. The summed E-state index contributed by atoms with van der Waals surface area (Å²) in [5.41, 5.74) is 2.08. The van der Waals surface area contributed by atoms with Gasteiger partial charge in [0.2, 0.25) is 0 Å². The second-order valence-electron chi connectivity index (χ2n) is 6.06. The zero-order valence-corrected chi connectivity index (χ0v) is 15.5. The summed E-state index contributed by atoms with van der Waals surface area (Å²) in [6.07, 6.45) is 2.60. The first kappa shape index (κ1) is 18.3. The van der Waals surface area contributed by atoms with Gasteiger partial charge in [-0.3, -0.25) is 4.98 Å². The predicted molar refractivity (Wildman–Crippen MR) is 101 cm³/mol. The third kappa shape index (κ3) is 3.53. The van der Waals surface area contributed by atoms with Gasteiger partial charge in [0.05, 0.1) is 32.0 Å². The van der Waals surface area contributed by atoms with Gasteiger partial charge >= 0.3 is 5.97 Å². The first-order chi connectivity index (χ1) is 12.7. The van der Waals surface area contributed by atoms with Crippen LogP contribution >= 0.6 is 0 Å². The lowest BCUT2D eigenvalue weighted by Gasteiger charge is -2.26. The Morgan fingerprint density at radius 3 is 2.69 bits per heavy atom. The Hall–Kier alpha value is -2.54. The Kier molecular flexibility index (Phi) is 5.78. The van der Waals surface area contributed by atoms with Gasteiger partial charge in [0, 0.05) is 37.3 Å². The summed E-state index contributed by atoms with van der Waals surface area (Å²) in [6, 6.07) is 3.72. The average molecular weight is 359 g/mol. The molecule has 0 atom stereocenters. The zero-order valence-electron chi connectivity index (χ0n) is 15.5. The molecule has 1 aromatic heterocycles. The van der Waals surface area contributed by atoms with E-state index in [1.807, 2.05) is 12.1 Å². The summed E-state index contributed by atoms with van der Waals surface area (Å²) in [4.78, 5) is 19.2. The number of fused-ring (bicyclic) bond motifs is 1. The Morgan fingerprint density at radius 1 is 1.19 bits per heavy atom. The minimum absolute atomic E-state index is 0.323. The molecule has 1 saturated heterocycles. The number of aromatic nitrogens is 1. The summed E-state index contributed by atoms with van der Waals surface area (Å²) in [5.74, 6) is 0.862. The van der Waals surface area contributed by atoms with E-state index in [1.54, 1.807) is 27.3 Å². The fourth-order valence-corrected chi connectivity index (χ4v) is 3.27. The van der Waals surface area contributed by atoms with E-state index in [1.165, 1.54) is 0 Å². The summed E-state index contributed by atoms with van der Waals surface area (Å²) in [7, 11) is 3.19. The number of carbonyl (C=O) groups is 1. The molecule has 0 unspecified atom stereocenters. The van der Waals surface area contributed by atoms with Crippen molar-refractivity contribution in [1.82, 2.24) is 10.3 Å². The molecular weight excluding hydrogens is 334 g/mol. The molecule has 1 aliphatic heterocycles. The van der Waals surface area contributed by atoms with E-state index >= 15 is 0 Å². The van der Waals surface area contributed by atoms with Crippen molar-refractivity contribution in [2.24, 2.45) is 0 Å². The van der Waals surface area contributed by atoms with Gasteiger partial charge < -0.3 is 24.4 Å². The summed E-state index contributed by atoms with van der Waals surface area (Å²) >= 11 is 0. The van der Waals surface area contributed by atoms with Crippen LogP contribution in [-0.2, 0) is 4.74 Å². The van der Waals surface area contributed by atoms with Crippen LogP contribution in [0.4, 0.5) is 5.69 Å². The van der Waals surface area contributed by atoms with Crippen molar-refractivity contribution in [2.75, 3.05) is 51.9 Å². The van der Waals surface area contributed by atoms with Gasteiger partial charge in [-0.25, -0.2) is 4.79 Å². The minimum Gasteiger partial charge on any atom is -0.493 e. The second-order valence-corrected chi connectivity index (χ2v) is 6.06. The molecule has 26 heavy (non-hydrogen) atoms. The summed E-state index contributed by atoms with van der Waals surface area (Å²) in [5, 5.41) is 4.25. The maximum atomic E-state index is 12.6. The quantitative estimate of drug-likeness (QED) is 0.821. The van der Waals surface area contributed by atoms with Crippen molar-refractivity contribution in [1.29, 1.82) is 0 Å². The van der Waals surface area contributed by atoms with Crippen LogP contribution in [0, 0.1) is 0 Å². The van der Waals surface area contributed by atoms with Gasteiger partial charge in [0.1, 0.15) is 5.56 Å². The van der Waals surface area contributed by atoms with Crippen LogP contribution in [0.3, 0.4) is 0 Å². The van der Waals surface area contributed by atoms with Crippen LogP contribution in [0.15, 0.2) is 18.3 Å². The number of nitrogens with one attached hydrogen (secondary N) is 1. The molecule has 1 N–H and O–H groups in total. The number of rotatable bonds is 5. The minimum atomic E-state index is -0.358. The number of nitrogens with zero attached hydrogens (tertiary/aromatic N) is 2. The topological polar surface area (TPSA) is 72.9 Å². The SMILES string of the molecule is CCOC(=O)c1cnc2cc(OC)c(OC)cc2c1N1CCCNCC1. The number of hydrogen-bond acceptors (Lipinski definition) is 7. The van der Waals surface area contributed by atoms with Gasteiger partial charge in [-0.1, -0.05) is 0 Å². The number of pyridine rings is 1. The smallest absolute Gasteiger partial charge is 0.341 e. The van der Waals surface area contributed by atoms with Crippen molar-refractivity contribution in [3.8, 4) is 11.5 Å². The van der Waals surface area contributed by atoms with Crippen molar-refractivity contribution >= 4 is 22.6 Å². The fraction of sp³-hybridized carbons (Fsp3) is 0.474. The van der Waals surface area contributed by atoms with Crippen LogP contribution in [-0.4, -0.2) is 58.0 Å². The monoisotopic (exact) mass is 359 g/mol. The molecule has 0 amide bonds. The number of hydrogen-bond donors (Lipinski definition) is 1. The van der Waals surface area contributed by atoms with E-state index in [9.17, 15) is 4.79 Å². The van der Waals surface area contributed by atoms with Gasteiger partial charge in [-0.15, -0.1) is 0 Å². The Balaban J connectivity index is 2.22. The summed E-state index contributed by atoms with van der Waals surface area (Å²) in [6.45, 7) is 5.61. The molecule has 0 saturated carbocycles. The van der Waals surface area contributed by atoms with Crippen LogP contribution in [0.2, 0.25) is 0 Å². The van der Waals surface area contributed by atoms with Crippen LogP contribution in [0.5, 0.6) is 11.5 Å². The van der Waals surface area contributed by atoms with E-state index in [0.29, 0.717) is 23.7 Å². The van der Waals surface area contributed by atoms with E-state index in [0.717, 1.165) is 49.2 Å². The van der Waals surface area contributed by atoms with Crippen molar-refractivity contribution in [2.45, 2.75) is 13.3 Å². The van der Waals surface area contributed by atoms with Crippen molar-refractivity contribution in [3.63, 3.8) is 0 Å². The maximum Gasteiger partial charge on any atom is 0.341 e. The number of benzene rings is 1. The first-order valence-corrected chi connectivity index (χ1v) is 8.87. The molecule has 0 spiro atoms. The first-order valence-electron chi connectivity index (χ1n) is 8.87. The van der Waals surface area contributed by atoms with Gasteiger partial charge in [-0.2, -0.15) is 0 Å². The molecule has 7 nitrogen and oxygen atoms in total. The number of methoxy groups -OCH3 is 2. The van der Waals surface area contributed by atoms with Crippen LogP contribution in [0.1, 0.15) is 23.7 Å². The molecule has 3 rings (SSSR count). The lowest BCUT2D eigenvalue weighted by atomic mass is 10.1. The van der Waals surface area contributed by atoms with Gasteiger partial charge in [-0.05, 0) is 26.0 Å². The summed E-state index contributed by atoms with van der Waals surface area (Å²) < 4.78 is 16.1.